The van der Waals surface area contributed by atoms with Gasteiger partial charge in [0.1, 0.15) is 10.8 Å². The lowest BCUT2D eigenvalue weighted by atomic mass is 9.93. The van der Waals surface area contributed by atoms with Crippen LogP contribution < -0.4 is 5.32 Å². The SMILES string of the molecule is Cc1nc(Cl)ccc1C(=O)NC1CC(C)N(C(=O)OC(C)(C)C)[C@@H](C)C1. The van der Waals surface area contributed by atoms with E-state index in [0.29, 0.717) is 29.3 Å². The van der Waals surface area contributed by atoms with Crippen LogP contribution in [0.1, 0.15) is 63.5 Å². The molecule has 0 aliphatic carbocycles. The highest BCUT2D eigenvalue weighted by atomic mass is 35.5. The molecule has 1 saturated heterocycles. The number of likely N-dealkylation sites (tertiary alicyclic amines) is 1. The Morgan fingerprint density at radius 3 is 2.31 bits per heavy atom. The van der Waals surface area contributed by atoms with Crippen molar-refractivity contribution in [3.63, 3.8) is 0 Å². The Hall–Kier alpha value is -1.82. The van der Waals surface area contributed by atoms with Gasteiger partial charge in [0.2, 0.25) is 0 Å². The van der Waals surface area contributed by atoms with E-state index in [1.807, 2.05) is 34.6 Å². The summed E-state index contributed by atoms with van der Waals surface area (Å²) in [6, 6.07) is 3.23. The van der Waals surface area contributed by atoms with Crippen molar-refractivity contribution in [1.82, 2.24) is 15.2 Å². The van der Waals surface area contributed by atoms with Crippen LogP contribution in [0.5, 0.6) is 0 Å². The van der Waals surface area contributed by atoms with Gasteiger partial charge in [-0.25, -0.2) is 9.78 Å². The number of nitrogens with zero attached hydrogens (tertiary/aromatic N) is 2. The molecular weight excluding hydrogens is 354 g/mol. The number of halogens is 1. The Kier molecular flexibility index (Phi) is 6.17. The van der Waals surface area contributed by atoms with Crippen LogP contribution in [0.2, 0.25) is 5.15 Å². The number of piperidine rings is 1. The number of aryl methyl sites for hydroxylation is 1. The van der Waals surface area contributed by atoms with Crippen molar-refractivity contribution in [3.8, 4) is 0 Å². The number of aromatic nitrogens is 1. The minimum atomic E-state index is -0.527. The van der Waals surface area contributed by atoms with Crippen LogP contribution in [0.3, 0.4) is 0 Å². The summed E-state index contributed by atoms with van der Waals surface area (Å²) in [5, 5.41) is 3.43. The lowest BCUT2D eigenvalue weighted by Crippen LogP contribution is -2.56. The maximum Gasteiger partial charge on any atom is 0.410 e. The van der Waals surface area contributed by atoms with E-state index in [1.165, 1.54) is 0 Å². The fourth-order valence-corrected chi connectivity index (χ4v) is 3.60. The number of pyridine rings is 1. The number of ether oxygens (including phenoxy) is 1. The van der Waals surface area contributed by atoms with E-state index >= 15 is 0 Å². The quantitative estimate of drug-likeness (QED) is 0.787. The summed E-state index contributed by atoms with van der Waals surface area (Å²) in [6.45, 7) is 11.3. The molecule has 2 unspecified atom stereocenters. The van der Waals surface area contributed by atoms with E-state index in [1.54, 1.807) is 24.0 Å². The van der Waals surface area contributed by atoms with Gasteiger partial charge in [-0.1, -0.05) is 11.6 Å². The molecule has 0 bridgehead atoms. The Morgan fingerprint density at radius 1 is 1.23 bits per heavy atom. The molecule has 1 N–H and O–H groups in total. The molecule has 2 heterocycles. The molecule has 0 spiro atoms. The number of carbonyl (C=O) groups excluding carboxylic acids is 2. The first-order chi connectivity index (χ1) is 12.0. The highest BCUT2D eigenvalue weighted by molar-refractivity contribution is 6.29. The van der Waals surface area contributed by atoms with Crippen molar-refractivity contribution < 1.29 is 14.3 Å². The summed E-state index contributed by atoms with van der Waals surface area (Å²) in [6.07, 6.45) is 1.05. The minimum Gasteiger partial charge on any atom is -0.444 e. The van der Waals surface area contributed by atoms with Gasteiger partial charge in [-0.05, 0) is 66.5 Å². The highest BCUT2D eigenvalue weighted by Gasteiger charge is 2.37. The maximum atomic E-state index is 12.6. The zero-order valence-electron chi connectivity index (χ0n) is 16.3. The first-order valence-corrected chi connectivity index (χ1v) is 9.31. The second-order valence-electron chi connectivity index (χ2n) is 7.99. The van der Waals surface area contributed by atoms with Crippen LogP contribution in [-0.2, 0) is 4.74 Å². The second-order valence-corrected chi connectivity index (χ2v) is 8.38. The van der Waals surface area contributed by atoms with E-state index in [-0.39, 0.29) is 30.1 Å². The molecule has 6 nitrogen and oxygen atoms in total. The number of hydrogen-bond acceptors (Lipinski definition) is 4. The lowest BCUT2D eigenvalue weighted by molar-refractivity contribution is -0.00355. The fourth-order valence-electron chi connectivity index (χ4n) is 3.41. The van der Waals surface area contributed by atoms with Gasteiger partial charge in [0.05, 0.1) is 11.3 Å². The van der Waals surface area contributed by atoms with E-state index in [9.17, 15) is 9.59 Å². The van der Waals surface area contributed by atoms with E-state index in [4.69, 9.17) is 16.3 Å². The molecule has 1 aromatic heterocycles. The monoisotopic (exact) mass is 381 g/mol. The molecular formula is C19H28ClN3O3. The van der Waals surface area contributed by atoms with Gasteiger partial charge in [-0.3, -0.25) is 4.79 Å². The van der Waals surface area contributed by atoms with Crippen LogP contribution >= 0.6 is 11.6 Å². The molecule has 1 aromatic rings. The number of amides is 2. The van der Waals surface area contributed by atoms with Gasteiger partial charge >= 0.3 is 6.09 Å². The lowest BCUT2D eigenvalue weighted by Gasteiger charge is -2.43. The molecule has 0 saturated carbocycles. The molecule has 2 amide bonds. The topological polar surface area (TPSA) is 71.5 Å². The predicted octanol–water partition coefficient (Wildman–Crippen LogP) is 3.95. The maximum absolute atomic E-state index is 12.6. The van der Waals surface area contributed by atoms with Crippen molar-refractivity contribution in [2.75, 3.05) is 0 Å². The van der Waals surface area contributed by atoms with Gasteiger partial charge < -0.3 is 15.0 Å². The van der Waals surface area contributed by atoms with Crippen LogP contribution in [-0.4, -0.2) is 45.6 Å². The van der Waals surface area contributed by atoms with Crippen LogP contribution in [0.25, 0.3) is 0 Å². The van der Waals surface area contributed by atoms with Gasteiger partial charge in [0.15, 0.2) is 0 Å². The molecule has 0 radical (unpaired) electrons. The van der Waals surface area contributed by atoms with E-state index < -0.39 is 5.60 Å². The average Bonchev–Trinajstić information content (AvgIpc) is 2.43. The number of hydrogen-bond donors (Lipinski definition) is 1. The first kappa shape index (κ1) is 20.5. The van der Waals surface area contributed by atoms with Crippen molar-refractivity contribution in [3.05, 3.63) is 28.5 Å². The van der Waals surface area contributed by atoms with Crippen LogP contribution in [0.4, 0.5) is 4.79 Å². The molecule has 1 aliphatic heterocycles. The van der Waals surface area contributed by atoms with Crippen molar-refractivity contribution in [2.45, 2.75) is 78.1 Å². The standard InChI is InChI=1S/C19H28ClN3O3/c1-11-9-14(10-12(2)23(11)18(25)26-19(4,5)6)22-17(24)15-7-8-16(20)21-13(15)3/h7-8,11-12,14H,9-10H2,1-6H3,(H,22,24)/t11-,12?,14?/m0/s1. The molecule has 144 valence electrons. The van der Waals surface area contributed by atoms with E-state index in [2.05, 4.69) is 10.3 Å². The van der Waals surface area contributed by atoms with Gasteiger partial charge in [0, 0.05) is 18.1 Å². The number of rotatable bonds is 2. The fraction of sp³-hybridized carbons (Fsp3) is 0.632. The summed E-state index contributed by atoms with van der Waals surface area (Å²) in [4.78, 5) is 30.9. The zero-order chi connectivity index (χ0) is 19.6. The highest BCUT2D eigenvalue weighted by Crippen LogP contribution is 2.26. The molecule has 2 rings (SSSR count). The molecule has 1 fully saturated rings. The third-order valence-corrected chi connectivity index (χ3v) is 4.65. The van der Waals surface area contributed by atoms with Crippen molar-refractivity contribution in [1.29, 1.82) is 0 Å². The van der Waals surface area contributed by atoms with Crippen molar-refractivity contribution in [2.24, 2.45) is 0 Å². The number of carbonyl (C=O) groups is 2. The first-order valence-electron chi connectivity index (χ1n) is 8.93. The largest absolute Gasteiger partial charge is 0.444 e. The van der Waals surface area contributed by atoms with Crippen LogP contribution in [0.15, 0.2) is 12.1 Å². The molecule has 7 heteroatoms. The molecule has 0 aromatic carbocycles. The summed E-state index contributed by atoms with van der Waals surface area (Å²) < 4.78 is 5.51. The Bertz CT molecular complexity index is 675. The third kappa shape index (κ3) is 5.10. The molecule has 3 atom stereocenters. The molecule has 26 heavy (non-hydrogen) atoms. The Balaban J connectivity index is 2.02. The normalized spacial score (nSPS) is 23.5. The Morgan fingerprint density at radius 2 is 1.81 bits per heavy atom. The minimum absolute atomic E-state index is 0.0127. The summed E-state index contributed by atoms with van der Waals surface area (Å²) >= 11 is 5.85. The third-order valence-electron chi connectivity index (χ3n) is 4.44. The summed E-state index contributed by atoms with van der Waals surface area (Å²) in [7, 11) is 0. The average molecular weight is 382 g/mol. The summed E-state index contributed by atoms with van der Waals surface area (Å²) in [5.74, 6) is -0.165. The summed E-state index contributed by atoms with van der Waals surface area (Å²) in [5.41, 5.74) is 0.590. The van der Waals surface area contributed by atoms with Gasteiger partial charge in [-0.2, -0.15) is 0 Å². The number of nitrogens with one attached hydrogen (secondary N) is 1. The Labute approximate surface area is 160 Å². The molecule has 1 aliphatic rings. The van der Waals surface area contributed by atoms with Crippen LogP contribution in [0, 0.1) is 6.92 Å². The smallest absolute Gasteiger partial charge is 0.410 e. The second kappa shape index (κ2) is 7.82. The van der Waals surface area contributed by atoms with E-state index in [0.717, 1.165) is 0 Å². The van der Waals surface area contributed by atoms with Gasteiger partial charge in [-0.15, -0.1) is 0 Å². The predicted molar refractivity (Wildman–Crippen MR) is 101 cm³/mol. The van der Waals surface area contributed by atoms with Gasteiger partial charge in [0.25, 0.3) is 5.91 Å². The van der Waals surface area contributed by atoms with Crippen molar-refractivity contribution >= 4 is 23.6 Å². The zero-order valence-corrected chi connectivity index (χ0v) is 17.1.